The van der Waals surface area contributed by atoms with Crippen LogP contribution < -0.4 is 16.4 Å². The number of ether oxygens (including phenoxy) is 1. The van der Waals surface area contributed by atoms with Crippen molar-refractivity contribution in [2.24, 2.45) is 11.7 Å². The summed E-state index contributed by atoms with van der Waals surface area (Å²) in [5, 5.41) is 6.20. The fourth-order valence-corrected chi connectivity index (χ4v) is 3.09. The van der Waals surface area contributed by atoms with E-state index in [4.69, 9.17) is 10.5 Å². The number of nitrogens with zero attached hydrogens (tertiary/aromatic N) is 1. The second-order valence-corrected chi connectivity index (χ2v) is 6.17. The van der Waals surface area contributed by atoms with Crippen LogP contribution in [-0.4, -0.2) is 49.4 Å². The molecule has 3 atom stereocenters. The maximum absolute atomic E-state index is 11.1. The van der Waals surface area contributed by atoms with E-state index < -0.39 is 6.03 Å². The molecular formula is C17H28N4O2. The lowest BCUT2D eigenvalue weighted by Gasteiger charge is -2.42. The van der Waals surface area contributed by atoms with Gasteiger partial charge in [0.1, 0.15) is 0 Å². The second-order valence-electron chi connectivity index (χ2n) is 6.17. The van der Waals surface area contributed by atoms with Crippen molar-refractivity contribution < 1.29 is 9.53 Å². The lowest BCUT2D eigenvalue weighted by Crippen LogP contribution is -2.61. The van der Waals surface area contributed by atoms with Crippen molar-refractivity contribution in [1.82, 2.24) is 15.5 Å². The first kappa shape index (κ1) is 17.7. The predicted molar refractivity (Wildman–Crippen MR) is 90.8 cm³/mol. The molecule has 0 aliphatic carbocycles. The Morgan fingerprint density at radius 1 is 1.43 bits per heavy atom. The number of amides is 2. The molecule has 4 N–H and O–H groups in total. The van der Waals surface area contributed by atoms with Gasteiger partial charge in [-0.05, 0) is 18.4 Å². The molecule has 23 heavy (non-hydrogen) atoms. The van der Waals surface area contributed by atoms with Crippen molar-refractivity contribution >= 4 is 6.03 Å². The maximum Gasteiger partial charge on any atom is 0.313 e. The zero-order chi connectivity index (χ0) is 16.7. The Labute approximate surface area is 138 Å². The Kier molecular flexibility index (Phi) is 6.83. The number of carbonyl (C=O) groups excluding carboxylic acids is 1. The molecule has 1 saturated heterocycles. The van der Waals surface area contributed by atoms with Gasteiger partial charge in [0, 0.05) is 25.7 Å². The summed E-state index contributed by atoms with van der Waals surface area (Å²) in [4.78, 5) is 13.4. The summed E-state index contributed by atoms with van der Waals surface area (Å²) in [6, 6.07) is 10.0. The predicted octanol–water partition coefficient (Wildman–Crippen LogP) is 1.13. The molecule has 0 aromatic heterocycles. The molecule has 1 heterocycles. The Balaban J connectivity index is 1.85. The number of hydrogen-bond acceptors (Lipinski definition) is 4. The SMILES string of the molecule is CC(COCc1ccccc1)C1CNCCN1C(C)NC(N)=O. The second kappa shape index (κ2) is 8.86. The minimum absolute atomic E-state index is 0.0730. The van der Waals surface area contributed by atoms with Gasteiger partial charge in [-0.25, -0.2) is 4.79 Å². The Hall–Kier alpha value is -1.63. The van der Waals surface area contributed by atoms with Crippen LogP contribution in [-0.2, 0) is 11.3 Å². The highest BCUT2D eigenvalue weighted by atomic mass is 16.5. The van der Waals surface area contributed by atoms with E-state index in [-0.39, 0.29) is 6.17 Å². The molecule has 2 amide bonds. The molecule has 6 nitrogen and oxygen atoms in total. The molecule has 1 fully saturated rings. The summed E-state index contributed by atoms with van der Waals surface area (Å²) in [7, 11) is 0. The van der Waals surface area contributed by atoms with Gasteiger partial charge in [0.05, 0.1) is 19.4 Å². The molecule has 1 aliphatic heterocycles. The van der Waals surface area contributed by atoms with Crippen LogP contribution in [0.15, 0.2) is 30.3 Å². The number of nitrogens with one attached hydrogen (secondary N) is 2. The number of urea groups is 1. The summed E-state index contributed by atoms with van der Waals surface area (Å²) >= 11 is 0. The Bertz CT molecular complexity index is 483. The molecule has 1 aliphatic rings. The largest absolute Gasteiger partial charge is 0.376 e. The number of carbonyl (C=O) groups is 1. The van der Waals surface area contributed by atoms with Gasteiger partial charge in [0.2, 0.25) is 0 Å². The summed E-state index contributed by atoms with van der Waals surface area (Å²) < 4.78 is 5.88. The fraction of sp³-hybridized carbons (Fsp3) is 0.588. The Morgan fingerprint density at radius 2 is 2.17 bits per heavy atom. The minimum atomic E-state index is -0.484. The van der Waals surface area contributed by atoms with Crippen LogP contribution in [0.2, 0.25) is 0 Å². The molecule has 1 aromatic carbocycles. The average Bonchev–Trinajstić information content (AvgIpc) is 2.55. The average molecular weight is 320 g/mol. The van der Waals surface area contributed by atoms with E-state index in [2.05, 4.69) is 34.6 Å². The lowest BCUT2D eigenvalue weighted by atomic mass is 9.98. The highest BCUT2D eigenvalue weighted by Crippen LogP contribution is 2.16. The first-order chi connectivity index (χ1) is 11.1. The topological polar surface area (TPSA) is 79.6 Å². The molecule has 6 heteroatoms. The van der Waals surface area contributed by atoms with Crippen LogP contribution in [0.5, 0.6) is 0 Å². The third-order valence-electron chi connectivity index (χ3n) is 4.32. The van der Waals surface area contributed by atoms with E-state index in [0.29, 0.717) is 25.2 Å². The van der Waals surface area contributed by atoms with Crippen LogP contribution >= 0.6 is 0 Å². The van der Waals surface area contributed by atoms with Crippen molar-refractivity contribution in [1.29, 1.82) is 0 Å². The molecule has 128 valence electrons. The van der Waals surface area contributed by atoms with Crippen molar-refractivity contribution in [2.45, 2.75) is 32.7 Å². The van der Waals surface area contributed by atoms with Crippen LogP contribution in [0.3, 0.4) is 0 Å². The molecule has 0 radical (unpaired) electrons. The molecule has 2 rings (SSSR count). The van der Waals surface area contributed by atoms with Gasteiger partial charge in [-0.3, -0.25) is 4.90 Å². The molecule has 3 unspecified atom stereocenters. The van der Waals surface area contributed by atoms with E-state index in [1.807, 2.05) is 25.1 Å². The van der Waals surface area contributed by atoms with Gasteiger partial charge >= 0.3 is 6.03 Å². The van der Waals surface area contributed by atoms with E-state index in [0.717, 1.165) is 19.6 Å². The van der Waals surface area contributed by atoms with E-state index in [9.17, 15) is 4.79 Å². The number of benzene rings is 1. The third kappa shape index (κ3) is 5.49. The van der Waals surface area contributed by atoms with E-state index in [1.165, 1.54) is 5.56 Å². The number of hydrogen-bond donors (Lipinski definition) is 3. The molecule has 0 spiro atoms. The summed E-state index contributed by atoms with van der Waals surface area (Å²) in [6.07, 6.45) is -0.0730. The van der Waals surface area contributed by atoms with Crippen molar-refractivity contribution in [3.05, 3.63) is 35.9 Å². The van der Waals surface area contributed by atoms with Gasteiger partial charge in [-0.1, -0.05) is 37.3 Å². The number of piperazine rings is 1. The van der Waals surface area contributed by atoms with Gasteiger partial charge in [0.15, 0.2) is 0 Å². The van der Waals surface area contributed by atoms with Crippen molar-refractivity contribution in [2.75, 3.05) is 26.2 Å². The normalized spacial score (nSPS) is 21.6. The monoisotopic (exact) mass is 320 g/mol. The first-order valence-corrected chi connectivity index (χ1v) is 8.22. The Morgan fingerprint density at radius 3 is 2.87 bits per heavy atom. The molecule has 0 bridgehead atoms. The third-order valence-corrected chi connectivity index (χ3v) is 4.32. The first-order valence-electron chi connectivity index (χ1n) is 8.22. The number of nitrogens with two attached hydrogens (primary N) is 1. The van der Waals surface area contributed by atoms with Crippen LogP contribution in [0, 0.1) is 5.92 Å². The number of rotatable bonds is 7. The molecule has 0 saturated carbocycles. The van der Waals surface area contributed by atoms with Gasteiger partial charge < -0.3 is 21.1 Å². The number of primary amides is 1. The van der Waals surface area contributed by atoms with Crippen LogP contribution in [0.25, 0.3) is 0 Å². The van der Waals surface area contributed by atoms with Crippen LogP contribution in [0.1, 0.15) is 19.4 Å². The van der Waals surface area contributed by atoms with Gasteiger partial charge in [-0.15, -0.1) is 0 Å². The van der Waals surface area contributed by atoms with Gasteiger partial charge in [0.25, 0.3) is 0 Å². The summed E-state index contributed by atoms with van der Waals surface area (Å²) in [5.41, 5.74) is 6.43. The lowest BCUT2D eigenvalue weighted by molar-refractivity contribution is 0.0183. The summed E-state index contributed by atoms with van der Waals surface area (Å²) in [6.45, 7) is 8.16. The van der Waals surface area contributed by atoms with E-state index >= 15 is 0 Å². The van der Waals surface area contributed by atoms with Crippen molar-refractivity contribution in [3.8, 4) is 0 Å². The smallest absolute Gasteiger partial charge is 0.313 e. The van der Waals surface area contributed by atoms with Crippen molar-refractivity contribution in [3.63, 3.8) is 0 Å². The minimum Gasteiger partial charge on any atom is -0.376 e. The maximum atomic E-state index is 11.1. The summed E-state index contributed by atoms with van der Waals surface area (Å²) in [5.74, 6) is 0.351. The zero-order valence-electron chi connectivity index (χ0n) is 14.0. The van der Waals surface area contributed by atoms with E-state index in [1.54, 1.807) is 0 Å². The molecule has 1 aromatic rings. The molecular weight excluding hydrogens is 292 g/mol. The zero-order valence-corrected chi connectivity index (χ0v) is 14.0. The standard InChI is InChI=1S/C17H28N4O2/c1-13(11-23-12-15-6-4-3-5-7-15)16-10-19-8-9-21(16)14(2)20-17(18)22/h3-7,13-14,16,19H,8-12H2,1-2H3,(H3,18,20,22). The fourth-order valence-electron chi connectivity index (χ4n) is 3.09. The van der Waals surface area contributed by atoms with Crippen LogP contribution in [0.4, 0.5) is 4.79 Å². The van der Waals surface area contributed by atoms with Gasteiger partial charge in [-0.2, -0.15) is 0 Å². The highest BCUT2D eigenvalue weighted by molar-refractivity contribution is 5.71. The quantitative estimate of drug-likeness (QED) is 0.703. The highest BCUT2D eigenvalue weighted by Gasteiger charge is 2.30.